The Balaban J connectivity index is 1.56. The summed E-state index contributed by atoms with van der Waals surface area (Å²) >= 11 is 1.41. The average Bonchev–Trinajstić information content (AvgIpc) is 3.23. The maximum Gasteiger partial charge on any atom is 0.332 e. The summed E-state index contributed by atoms with van der Waals surface area (Å²) in [4.78, 5) is 36.7. The van der Waals surface area contributed by atoms with Crippen LogP contribution in [0.5, 0.6) is 0 Å². The van der Waals surface area contributed by atoms with E-state index in [4.69, 9.17) is 0 Å². The summed E-state index contributed by atoms with van der Waals surface area (Å²) in [6.07, 6.45) is 1.69. The number of anilines is 1. The van der Waals surface area contributed by atoms with Crippen molar-refractivity contribution < 1.29 is 14.0 Å². The normalized spacial score (nSPS) is 17.0. The number of pyridine rings is 1. The minimum atomic E-state index is -0.656. The van der Waals surface area contributed by atoms with Crippen LogP contribution in [0.1, 0.15) is 12.6 Å². The summed E-state index contributed by atoms with van der Waals surface area (Å²) < 4.78 is 13.2. The van der Waals surface area contributed by atoms with Gasteiger partial charge in [0.15, 0.2) is 0 Å². The van der Waals surface area contributed by atoms with E-state index in [9.17, 15) is 14.0 Å². The molecule has 1 aromatic carbocycles. The Morgan fingerprint density at radius 1 is 1.15 bits per heavy atom. The molecule has 0 aliphatic carbocycles. The first-order chi connectivity index (χ1) is 13.0. The molecule has 27 heavy (non-hydrogen) atoms. The molecule has 8 heteroatoms. The van der Waals surface area contributed by atoms with Crippen LogP contribution < -0.4 is 4.90 Å². The molecule has 1 unspecified atom stereocenters. The van der Waals surface area contributed by atoms with Gasteiger partial charge in [0.05, 0.1) is 17.9 Å². The Labute approximate surface area is 158 Å². The number of hydrogen-bond donors (Lipinski definition) is 0. The molecule has 0 saturated carbocycles. The Kier molecular flexibility index (Phi) is 4.41. The van der Waals surface area contributed by atoms with Gasteiger partial charge in [0.25, 0.3) is 5.91 Å². The Bertz CT molecular complexity index is 990. The number of benzene rings is 1. The van der Waals surface area contributed by atoms with E-state index in [1.165, 1.54) is 45.4 Å². The van der Waals surface area contributed by atoms with Gasteiger partial charge in [-0.2, -0.15) is 0 Å². The third-order valence-corrected chi connectivity index (χ3v) is 5.22. The Hall–Kier alpha value is -3.13. The summed E-state index contributed by atoms with van der Waals surface area (Å²) in [5.41, 5.74) is 1.85. The molecule has 3 aromatic rings. The fraction of sp³-hybridized carbons (Fsp3) is 0.158. The maximum atomic E-state index is 13.2. The highest BCUT2D eigenvalue weighted by Gasteiger charge is 2.43. The van der Waals surface area contributed by atoms with Crippen LogP contribution >= 0.6 is 11.3 Å². The van der Waals surface area contributed by atoms with Crippen LogP contribution in [0.15, 0.2) is 54.0 Å². The number of urea groups is 1. The largest absolute Gasteiger partial charge is 0.332 e. The molecule has 1 aliphatic heterocycles. The lowest BCUT2D eigenvalue weighted by molar-refractivity contribution is -0.127. The van der Waals surface area contributed by atoms with Crippen molar-refractivity contribution in [3.8, 4) is 10.7 Å². The molecule has 0 N–H and O–H groups in total. The molecule has 1 aliphatic rings. The molecule has 3 heterocycles. The van der Waals surface area contributed by atoms with E-state index in [0.29, 0.717) is 11.4 Å². The van der Waals surface area contributed by atoms with Crippen molar-refractivity contribution in [3.63, 3.8) is 0 Å². The van der Waals surface area contributed by atoms with Crippen LogP contribution in [0.25, 0.3) is 10.7 Å². The lowest BCUT2D eigenvalue weighted by Crippen LogP contribution is -2.33. The lowest BCUT2D eigenvalue weighted by Gasteiger charge is -2.19. The third-order valence-electron chi connectivity index (χ3n) is 4.31. The van der Waals surface area contributed by atoms with Crippen molar-refractivity contribution in [2.45, 2.75) is 19.5 Å². The van der Waals surface area contributed by atoms with Gasteiger partial charge in [-0.05, 0) is 43.3 Å². The van der Waals surface area contributed by atoms with Gasteiger partial charge in [-0.15, -0.1) is 11.3 Å². The average molecular weight is 382 g/mol. The fourth-order valence-electron chi connectivity index (χ4n) is 2.96. The van der Waals surface area contributed by atoms with E-state index in [-0.39, 0.29) is 12.5 Å². The smallest absolute Gasteiger partial charge is 0.282 e. The monoisotopic (exact) mass is 382 g/mol. The minimum Gasteiger partial charge on any atom is -0.282 e. The molecule has 6 nitrogen and oxygen atoms in total. The molecule has 0 spiro atoms. The van der Waals surface area contributed by atoms with E-state index in [2.05, 4.69) is 9.97 Å². The molecule has 3 amide bonds. The van der Waals surface area contributed by atoms with Crippen LogP contribution in [0.3, 0.4) is 0 Å². The van der Waals surface area contributed by atoms with Gasteiger partial charge in [0.2, 0.25) is 0 Å². The molecule has 1 atom stereocenters. The SMILES string of the molecule is CC1C(=O)N(Cc2csc(-c3ccccn3)n2)C(=O)N1c1ccc(F)cc1. The number of aromatic nitrogens is 2. The molecule has 4 rings (SSSR count). The first-order valence-electron chi connectivity index (χ1n) is 8.30. The highest BCUT2D eigenvalue weighted by atomic mass is 32.1. The number of amides is 3. The van der Waals surface area contributed by atoms with Gasteiger partial charge in [0, 0.05) is 17.3 Å². The van der Waals surface area contributed by atoms with Gasteiger partial charge in [-0.25, -0.2) is 14.2 Å². The summed E-state index contributed by atoms with van der Waals surface area (Å²) in [5, 5.41) is 2.55. The number of imide groups is 1. The van der Waals surface area contributed by atoms with Crippen LogP contribution in [-0.2, 0) is 11.3 Å². The number of carbonyl (C=O) groups is 2. The first kappa shape index (κ1) is 17.3. The van der Waals surface area contributed by atoms with Gasteiger partial charge < -0.3 is 0 Å². The zero-order valence-corrected chi connectivity index (χ0v) is 15.2. The zero-order valence-electron chi connectivity index (χ0n) is 14.4. The fourth-order valence-corrected chi connectivity index (χ4v) is 3.74. The summed E-state index contributed by atoms with van der Waals surface area (Å²) in [5.74, 6) is -0.706. The second-order valence-electron chi connectivity index (χ2n) is 6.09. The van der Waals surface area contributed by atoms with E-state index in [1.54, 1.807) is 13.1 Å². The molecule has 2 aromatic heterocycles. The molecule has 0 bridgehead atoms. The number of carbonyl (C=O) groups excluding carboxylic acids is 2. The highest BCUT2D eigenvalue weighted by Crippen LogP contribution is 2.28. The van der Waals surface area contributed by atoms with Crippen LogP contribution in [0, 0.1) is 5.82 Å². The summed E-state index contributed by atoms with van der Waals surface area (Å²) in [7, 11) is 0. The molecular formula is C19H15FN4O2S. The van der Waals surface area contributed by atoms with E-state index >= 15 is 0 Å². The zero-order chi connectivity index (χ0) is 19.0. The minimum absolute atomic E-state index is 0.0863. The van der Waals surface area contributed by atoms with Gasteiger partial charge in [-0.3, -0.25) is 19.6 Å². The van der Waals surface area contributed by atoms with Gasteiger partial charge in [-0.1, -0.05) is 6.07 Å². The lowest BCUT2D eigenvalue weighted by atomic mass is 10.2. The van der Waals surface area contributed by atoms with Gasteiger partial charge >= 0.3 is 6.03 Å². The molecule has 1 fully saturated rings. The maximum absolute atomic E-state index is 13.2. The van der Waals surface area contributed by atoms with Crippen molar-refractivity contribution >= 4 is 29.0 Å². The van der Waals surface area contributed by atoms with E-state index in [0.717, 1.165) is 10.7 Å². The molecule has 1 saturated heterocycles. The second kappa shape index (κ2) is 6.88. The summed E-state index contributed by atoms with van der Waals surface area (Å²) in [6.45, 7) is 1.74. The molecular weight excluding hydrogens is 367 g/mol. The number of nitrogens with zero attached hydrogens (tertiary/aromatic N) is 4. The van der Waals surface area contributed by atoms with Crippen molar-refractivity contribution in [2.75, 3.05) is 4.90 Å². The van der Waals surface area contributed by atoms with Crippen LogP contribution in [0.2, 0.25) is 0 Å². The van der Waals surface area contributed by atoms with E-state index < -0.39 is 17.9 Å². The number of thiazole rings is 1. The number of rotatable bonds is 4. The van der Waals surface area contributed by atoms with Crippen LogP contribution in [0.4, 0.5) is 14.9 Å². The number of halogens is 1. The third kappa shape index (κ3) is 3.19. The van der Waals surface area contributed by atoms with Crippen molar-refractivity contribution in [3.05, 3.63) is 65.6 Å². The van der Waals surface area contributed by atoms with Gasteiger partial charge in [0.1, 0.15) is 16.9 Å². The second-order valence-corrected chi connectivity index (χ2v) is 6.95. The highest BCUT2D eigenvalue weighted by molar-refractivity contribution is 7.13. The Morgan fingerprint density at radius 3 is 2.63 bits per heavy atom. The van der Waals surface area contributed by atoms with Crippen molar-refractivity contribution in [2.24, 2.45) is 0 Å². The van der Waals surface area contributed by atoms with Crippen molar-refractivity contribution in [1.29, 1.82) is 0 Å². The molecule has 0 radical (unpaired) electrons. The van der Waals surface area contributed by atoms with E-state index in [1.807, 2.05) is 23.6 Å². The first-order valence-corrected chi connectivity index (χ1v) is 9.18. The standard InChI is InChI=1S/C19H15FN4O2S/c1-12-18(25)23(19(26)24(12)15-7-5-13(20)6-8-15)10-14-11-27-17(22-14)16-4-2-3-9-21-16/h2-9,11-12H,10H2,1H3. The molecule has 136 valence electrons. The predicted molar refractivity (Wildman–Crippen MR) is 99.6 cm³/mol. The number of hydrogen-bond acceptors (Lipinski definition) is 5. The summed E-state index contributed by atoms with van der Waals surface area (Å²) in [6, 6.07) is 9.97. The predicted octanol–water partition coefficient (Wildman–Crippen LogP) is 3.70. The van der Waals surface area contributed by atoms with Crippen LogP contribution in [-0.4, -0.2) is 32.8 Å². The Morgan fingerprint density at radius 2 is 1.93 bits per heavy atom. The topological polar surface area (TPSA) is 66.4 Å². The van der Waals surface area contributed by atoms with Crippen molar-refractivity contribution in [1.82, 2.24) is 14.9 Å². The quantitative estimate of drug-likeness (QED) is 0.646.